The molecule has 2 aliphatic rings. The number of carbonyl (C=O) groups excluding carboxylic acids is 1. The van der Waals surface area contributed by atoms with Crippen LogP contribution in [0.1, 0.15) is 21.9 Å². The lowest BCUT2D eigenvalue weighted by molar-refractivity contribution is -0.118. The molecule has 29 heavy (non-hydrogen) atoms. The van der Waals surface area contributed by atoms with E-state index in [1.54, 1.807) is 12.1 Å². The predicted octanol–water partition coefficient (Wildman–Crippen LogP) is 5.42. The Hall–Kier alpha value is -3.06. The van der Waals surface area contributed by atoms with Crippen LogP contribution in [0.2, 0.25) is 0 Å². The average Bonchev–Trinajstić information content (AvgIpc) is 2.73. The van der Waals surface area contributed by atoms with E-state index >= 15 is 0 Å². The highest BCUT2D eigenvalue weighted by molar-refractivity contribution is 8.25. The van der Waals surface area contributed by atoms with Gasteiger partial charge in [-0.2, -0.15) is 10.6 Å². The normalized spacial score (nSPS) is 20.4. The summed E-state index contributed by atoms with van der Waals surface area (Å²) in [5.41, 5.74) is 3.79. The van der Waals surface area contributed by atoms with Crippen molar-refractivity contribution in [3.05, 3.63) is 89.5 Å². The molecule has 0 saturated heterocycles. The first-order valence-corrected chi connectivity index (χ1v) is 10.8. The Morgan fingerprint density at radius 2 is 1.72 bits per heavy atom. The van der Waals surface area contributed by atoms with Gasteiger partial charge >= 0.3 is 0 Å². The summed E-state index contributed by atoms with van der Waals surface area (Å²) in [6.45, 7) is -0.00437. The fourth-order valence-corrected chi connectivity index (χ4v) is 6.02. The standard InChI is InChI=1S/C23H19NO4S/c25-22-14-28-20-11-10-16(13-19(20)24-22)18-12-17-8-4-5-9-21(17)29(26,27)23(18)15-6-2-1-3-7-15/h1-13,23,26-27H,14H2,(H,24,25). The number of ether oxygens (including phenoxy) is 1. The molecule has 146 valence electrons. The van der Waals surface area contributed by atoms with Crippen LogP contribution in [-0.4, -0.2) is 21.6 Å². The first-order chi connectivity index (χ1) is 14.0. The van der Waals surface area contributed by atoms with Gasteiger partial charge in [0, 0.05) is 0 Å². The highest BCUT2D eigenvalue weighted by atomic mass is 32.3. The van der Waals surface area contributed by atoms with Gasteiger partial charge < -0.3 is 10.1 Å². The van der Waals surface area contributed by atoms with E-state index < -0.39 is 15.8 Å². The third kappa shape index (κ3) is 3.02. The lowest BCUT2D eigenvalue weighted by atomic mass is 9.94. The molecule has 6 heteroatoms. The van der Waals surface area contributed by atoms with Crippen molar-refractivity contribution in [3.63, 3.8) is 0 Å². The Morgan fingerprint density at radius 3 is 2.55 bits per heavy atom. The van der Waals surface area contributed by atoms with Gasteiger partial charge in [0.05, 0.1) is 10.6 Å². The topological polar surface area (TPSA) is 78.8 Å². The second kappa shape index (κ2) is 6.77. The van der Waals surface area contributed by atoms with Gasteiger partial charge in [-0.05, 0) is 46.5 Å². The molecule has 5 nitrogen and oxygen atoms in total. The van der Waals surface area contributed by atoms with Crippen molar-refractivity contribution in [3.8, 4) is 5.75 Å². The van der Waals surface area contributed by atoms with Crippen molar-refractivity contribution in [2.75, 3.05) is 11.9 Å². The molecule has 0 aromatic heterocycles. The fourth-order valence-electron chi connectivity index (χ4n) is 3.92. The lowest BCUT2D eigenvalue weighted by Gasteiger charge is -2.45. The van der Waals surface area contributed by atoms with Gasteiger partial charge in [-0.25, -0.2) is 0 Å². The van der Waals surface area contributed by atoms with Crippen LogP contribution in [0.4, 0.5) is 5.69 Å². The first kappa shape index (κ1) is 18.0. The van der Waals surface area contributed by atoms with Crippen LogP contribution in [0.15, 0.2) is 77.7 Å². The number of hydrogen-bond acceptors (Lipinski definition) is 4. The minimum Gasteiger partial charge on any atom is -0.482 e. The fraction of sp³-hybridized carbons (Fsp3) is 0.0870. The summed E-state index contributed by atoms with van der Waals surface area (Å²) in [5.74, 6) is 0.398. The Bertz CT molecular complexity index is 1140. The Morgan fingerprint density at radius 1 is 0.966 bits per heavy atom. The lowest BCUT2D eigenvalue weighted by Crippen LogP contribution is -2.25. The Balaban J connectivity index is 1.72. The molecule has 0 aliphatic carbocycles. The van der Waals surface area contributed by atoms with Crippen LogP contribution in [0.5, 0.6) is 5.75 Å². The van der Waals surface area contributed by atoms with Crippen LogP contribution >= 0.6 is 10.6 Å². The van der Waals surface area contributed by atoms with Crippen LogP contribution in [-0.2, 0) is 4.79 Å². The van der Waals surface area contributed by atoms with Gasteiger partial charge in [-0.15, -0.1) is 0 Å². The molecule has 3 N–H and O–H groups in total. The summed E-state index contributed by atoms with van der Waals surface area (Å²) in [7, 11) is -3.15. The molecule has 2 heterocycles. The largest absolute Gasteiger partial charge is 0.482 e. The van der Waals surface area contributed by atoms with Crippen molar-refractivity contribution >= 4 is 33.8 Å². The minimum atomic E-state index is -3.15. The van der Waals surface area contributed by atoms with Gasteiger partial charge in [-0.3, -0.25) is 13.9 Å². The van der Waals surface area contributed by atoms with Crippen molar-refractivity contribution in [2.24, 2.45) is 0 Å². The van der Waals surface area contributed by atoms with E-state index in [-0.39, 0.29) is 12.5 Å². The molecule has 1 atom stereocenters. The van der Waals surface area contributed by atoms with Crippen molar-refractivity contribution < 1.29 is 18.6 Å². The van der Waals surface area contributed by atoms with Gasteiger partial charge in [0.25, 0.3) is 5.91 Å². The maximum absolute atomic E-state index is 11.7. The van der Waals surface area contributed by atoms with Crippen molar-refractivity contribution in [2.45, 2.75) is 10.1 Å². The van der Waals surface area contributed by atoms with Crippen LogP contribution in [0.3, 0.4) is 0 Å². The van der Waals surface area contributed by atoms with Crippen LogP contribution < -0.4 is 10.1 Å². The summed E-state index contributed by atoms with van der Waals surface area (Å²) < 4.78 is 28.2. The number of anilines is 1. The third-order valence-corrected chi connectivity index (χ3v) is 7.42. The molecular formula is C23H19NO4S. The van der Waals surface area contributed by atoms with E-state index in [0.717, 1.165) is 22.3 Å². The number of hydrogen-bond donors (Lipinski definition) is 3. The molecule has 0 saturated carbocycles. The highest BCUT2D eigenvalue weighted by Gasteiger charge is 2.38. The summed E-state index contributed by atoms with van der Waals surface area (Å²) in [5, 5.41) is 2.21. The molecule has 0 radical (unpaired) electrons. The monoisotopic (exact) mass is 405 g/mol. The highest BCUT2D eigenvalue weighted by Crippen LogP contribution is 2.68. The van der Waals surface area contributed by atoms with E-state index in [1.165, 1.54) is 0 Å². The molecular weight excluding hydrogens is 386 g/mol. The van der Waals surface area contributed by atoms with Crippen molar-refractivity contribution in [1.29, 1.82) is 0 Å². The number of amides is 1. The van der Waals surface area contributed by atoms with Gasteiger partial charge in [0.1, 0.15) is 11.0 Å². The molecule has 1 unspecified atom stereocenters. The molecule has 5 rings (SSSR count). The zero-order valence-corrected chi connectivity index (χ0v) is 16.2. The number of fused-ring (bicyclic) bond motifs is 2. The number of nitrogens with one attached hydrogen (secondary N) is 1. The molecule has 3 aromatic rings. The van der Waals surface area contributed by atoms with E-state index in [9.17, 15) is 13.9 Å². The van der Waals surface area contributed by atoms with Crippen LogP contribution in [0.25, 0.3) is 11.6 Å². The third-order valence-electron chi connectivity index (χ3n) is 5.21. The number of carbonyl (C=O) groups is 1. The minimum absolute atomic E-state index is 0.00437. The zero-order valence-electron chi connectivity index (χ0n) is 15.4. The van der Waals surface area contributed by atoms with Gasteiger partial charge in [0.15, 0.2) is 6.61 Å². The summed E-state index contributed by atoms with van der Waals surface area (Å²) in [6, 6.07) is 22.4. The Labute approximate surface area is 170 Å². The second-order valence-electron chi connectivity index (χ2n) is 7.07. The van der Waals surface area contributed by atoms with Crippen LogP contribution in [0, 0.1) is 0 Å². The van der Waals surface area contributed by atoms with Gasteiger partial charge in [0.2, 0.25) is 0 Å². The molecule has 2 aliphatic heterocycles. The average molecular weight is 405 g/mol. The summed E-state index contributed by atoms with van der Waals surface area (Å²) in [6.07, 6.45) is 2.00. The zero-order chi connectivity index (χ0) is 20.0. The molecule has 0 bridgehead atoms. The maximum Gasteiger partial charge on any atom is 0.262 e. The van der Waals surface area contributed by atoms with E-state index in [4.69, 9.17) is 4.74 Å². The van der Waals surface area contributed by atoms with E-state index in [2.05, 4.69) is 5.32 Å². The molecule has 1 amide bonds. The van der Waals surface area contributed by atoms with E-state index in [0.29, 0.717) is 16.3 Å². The first-order valence-electron chi connectivity index (χ1n) is 9.24. The predicted molar refractivity (Wildman–Crippen MR) is 115 cm³/mol. The smallest absolute Gasteiger partial charge is 0.262 e. The van der Waals surface area contributed by atoms with E-state index in [1.807, 2.05) is 66.7 Å². The molecule has 0 spiro atoms. The number of benzene rings is 3. The Kier molecular flexibility index (Phi) is 4.20. The summed E-state index contributed by atoms with van der Waals surface area (Å²) in [4.78, 5) is 12.3. The quantitative estimate of drug-likeness (QED) is 0.532. The number of rotatable bonds is 2. The van der Waals surface area contributed by atoms with Crippen molar-refractivity contribution in [1.82, 2.24) is 0 Å². The molecule has 3 aromatic carbocycles. The maximum atomic E-state index is 11.7. The van der Waals surface area contributed by atoms with Gasteiger partial charge in [-0.1, -0.05) is 54.6 Å². The second-order valence-corrected chi connectivity index (χ2v) is 9.17. The molecule has 0 fully saturated rings. The summed E-state index contributed by atoms with van der Waals surface area (Å²) >= 11 is 0. The SMILES string of the molecule is O=C1COc2ccc(C3=Cc4ccccc4S(O)(O)C3c3ccccc3)cc2N1.